The summed E-state index contributed by atoms with van der Waals surface area (Å²) in [6, 6.07) is 7.68. The van der Waals surface area contributed by atoms with Gasteiger partial charge in [0.05, 0.1) is 18.9 Å². The third kappa shape index (κ3) is 3.94. The van der Waals surface area contributed by atoms with Gasteiger partial charge in [-0.2, -0.15) is 0 Å². The fourth-order valence-electron chi connectivity index (χ4n) is 1.76. The molecule has 0 spiro atoms. The van der Waals surface area contributed by atoms with Crippen molar-refractivity contribution in [3.05, 3.63) is 24.3 Å². The molecule has 0 aliphatic carbocycles. The largest absolute Gasteiger partial charge is 0.434 e. The zero-order chi connectivity index (χ0) is 15.7. The first-order valence-electron chi connectivity index (χ1n) is 7.19. The number of rotatable bonds is 5. The summed E-state index contributed by atoms with van der Waals surface area (Å²) in [5, 5.41) is 2.20. The van der Waals surface area contributed by atoms with Crippen LogP contribution >= 0.6 is 12.6 Å². The minimum Gasteiger partial charge on any atom is -0.434 e. The quantitative estimate of drug-likeness (QED) is 0.370. The minimum atomic E-state index is -1.74. The van der Waals surface area contributed by atoms with Crippen molar-refractivity contribution in [1.29, 1.82) is 0 Å². The molecule has 1 N–H and O–H groups in total. The molecule has 118 valence electrons. The van der Waals surface area contributed by atoms with E-state index < -0.39 is 13.6 Å². The summed E-state index contributed by atoms with van der Waals surface area (Å²) in [5.41, 5.74) is 0.887. The van der Waals surface area contributed by atoms with Gasteiger partial charge in [0.25, 0.3) is 0 Å². The number of fused-ring (bicyclic) bond motifs is 1. The first kappa shape index (κ1) is 16.7. The van der Waals surface area contributed by atoms with Crippen LogP contribution < -0.4 is 10.1 Å². The molecule has 4 nitrogen and oxygen atoms in total. The summed E-state index contributed by atoms with van der Waals surface area (Å²) in [6.45, 7) is 12.1. The molecule has 0 fully saturated rings. The highest BCUT2D eigenvalue weighted by Gasteiger charge is 2.38. The summed E-state index contributed by atoms with van der Waals surface area (Å²) in [6.07, 6.45) is 0. The predicted molar refractivity (Wildman–Crippen MR) is 91.5 cm³/mol. The summed E-state index contributed by atoms with van der Waals surface area (Å²) in [7, 11) is -1.74. The Labute approximate surface area is 133 Å². The molecule has 6 heteroatoms. The molecule has 0 saturated carbocycles. The van der Waals surface area contributed by atoms with Crippen LogP contribution in [0.3, 0.4) is 0 Å². The average Bonchev–Trinajstić information content (AvgIpc) is 2.70. The van der Waals surface area contributed by atoms with Crippen molar-refractivity contribution in [2.75, 3.05) is 18.5 Å². The van der Waals surface area contributed by atoms with E-state index in [1.54, 1.807) is 0 Å². The van der Waals surface area contributed by atoms with Crippen LogP contribution in [0.2, 0.25) is 18.1 Å². The van der Waals surface area contributed by atoms with Crippen LogP contribution in [0.15, 0.2) is 24.3 Å². The molecule has 0 radical (unpaired) electrons. The van der Waals surface area contributed by atoms with Crippen LogP contribution in [0, 0.1) is 0 Å². The molecule has 0 bridgehead atoms. The highest BCUT2D eigenvalue weighted by atomic mass is 32.1. The van der Waals surface area contributed by atoms with E-state index in [0.29, 0.717) is 13.2 Å². The van der Waals surface area contributed by atoms with Crippen LogP contribution in [0.4, 0.5) is 5.69 Å². The summed E-state index contributed by atoms with van der Waals surface area (Å²) < 4.78 is 17.5. The summed E-state index contributed by atoms with van der Waals surface area (Å²) in [5.74, 6) is 0.748. The first-order valence-corrected chi connectivity index (χ1v) is 10.6. The monoisotopic (exact) mass is 327 g/mol. The van der Waals surface area contributed by atoms with E-state index in [-0.39, 0.29) is 5.04 Å². The Balaban J connectivity index is 1.80. The second kappa shape index (κ2) is 5.83. The van der Waals surface area contributed by atoms with Crippen molar-refractivity contribution in [1.82, 2.24) is 0 Å². The van der Waals surface area contributed by atoms with Crippen LogP contribution in [0.25, 0.3) is 0 Å². The summed E-state index contributed by atoms with van der Waals surface area (Å²) in [4.78, 5) is 0. The Bertz CT molecular complexity index is 477. The van der Waals surface area contributed by atoms with Crippen molar-refractivity contribution in [3.8, 4) is 5.75 Å². The van der Waals surface area contributed by atoms with Crippen molar-refractivity contribution in [3.63, 3.8) is 0 Å². The fraction of sp³-hybridized carbons (Fsp3) is 0.600. The second-order valence-electron chi connectivity index (χ2n) is 6.76. The number of benzene rings is 1. The lowest BCUT2D eigenvalue weighted by Gasteiger charge is -2.36. The molecule has 1 aromatic rings. The molecule has 1 aliphatic rings. The van der Waals surface area contributed by atoms with E-state index >= 15 is 0 Å². The number of para-hydroxylation sites is 2. The summed E-state index contributed by atoms with van der Waals surface area (Å²) >= 11 is 4.43. The maximum Gasteiger partial charge on any atom is 0.343 e. The van der Waals surface area contributed by atoms with Crippen molar-refractivity contribution in [2.45, 2.75) is 44.1 Å². The molecule has 1 heterocycles. The van der Waals surface area contributed by atoms with Crippen molar-refractivity contribution >= 4 is 26.6 Å². The number of ether oxygens (including phenoxy) is 2. The van der Waals surface area contributed by atoms with Crippen LogP contribution in [-0.2, 0) is 9.16 Å². The van der Waals surface area contributed by atoms with Gasteiger partial charge in [0.1, 0.15) is 5.75 Å². The average molecular weight is 328 g/mol. The van der Waals surface area contributed by atoms with Gasteiger partial charge in [-0.05, 0) is 30.3 Å². The van der Waals surface area contributed by atoms with Gasteiger partial charge < -0.3 is 19.2 Å². The lowest BCUT2D eigenvalue weighted by atomic mass is 10.2. The Morgan fingerprint density at radius 1 is 1.24 bits per heavy atom. The molecule has 1 atom stereocenters. The van der Waals surface area contributed by atoms with Crippen LogP contribution in [0.5, 0.6) is 5.75 Å². The number of nitrogens with one attached hydrogen (secondary N) is 1. The van der Waals surface area contributed by atoms with E-state index in [2.05, 4.69) is 51.8 Å². The second-order valence-corrected chi connectivity index (χ2v) is 12.2. The highest BCUT2D eigenvalue weighted by molar-refractivity contribution is 7.81. The Kier molecular flexibility index (Phi) is 4.63. The third-order valence-electron chi connectivity index (χ3n) is 4.08. The van der Waals surface area contributed by atoms with E-state index in [1.807, 2.05) is 24.3 Å². The van der Waals surface area contributed by atoms with Crippen molar-refractivity contribution < 1.29 is 13.9 Å². The number of hydrogen-bond donors (Lipinski definition) is 2. The van der Waals surface area contributed by atoms with E-state index in [4.69, 9.17) is 13.9 Å². The SMILES string of the molecule is CC(C)(C)[Si](C)(C)OCCOC1(S)Nc2ccccc2O1. The molecule has 0 amide bonds. The molecular weight excluding hydrogens is 302 g/mol. The van der Waals surface area contributed by atoms with Gasteiger partial charge in [0.2, 0.25) is 0 Å². The van der Waals surface area contributed by atoms with Gasteiger partial charge in [-0.1, -0.05) is 45.5 Å². The van der Waals surface area contributed by atoms with E-state index in [1.165, 1.54) is 0 Å². The molecular formula is C15H25NO3SSi. The van der Waals surface area contributed by atoms with Crippen molar-refractivity contribution in [2.24, 2.45) is 0 Å². The highest BCUT2D eigenvalue weighted by Crippen LogP contribution is 2.39. The lowest BCUT2D eigenvalue weighted by Crippen LogP contribution is -2.43. The normalized spacial score (nSPS) is 21.6. The van der Waals surface area contributed by atoms with Gasteiger partial charge in [0, 0.05) is 0 Å². The van der Waals surface area contributed by atoms with Gasteiger partial charge in [-0.25, -0.2) is 0 Å². The number of anilines is 1. The Morgan fingerprint density at radius 2 is 1.90 bits per heavy atom. The molecule has 2 rings (SSSR count). The van der Waals surface area contributed by atoms with Gasteiger partial charge in [-0.15, -0.1) is 0 Å². The molecule has 1 aliphatic heterocycles. The van der Waals surface area contributed by atoms with Crippen LogP contribution in [-0.4, -0.2) is 26.8 Å². The molecule has 1 aromatic carbocycles. The predicted octanol–water partition coefficient (Wildman–Crippen LogP) is 4.07. The molecule has 21 heavy (non-hydrogen) atoms. The minimum absolute atomic E-state index is 0.198. The van der Waals surface area contributed by atoms with Gasteiger partial charge >= 0.3 is 5.24 Å². The Hall–Kier alpha value is -0.693. The number of thiol groups is 1. The third-order valence-corrected chi connectivity index (χ3v) is 8.95. The van der Waals surface area contributed by atoms with E-state index in [0.717, 1.165) is 11.4 Å². The van der Waals surface area contributed by atoms with Crippen LogP contribution in [0.1, 0.15) is 20.8 Å². The first-order chi connectivity index (χ1) is 9.63. The molecule has 0 saturated heterocycles. The zero-order valence-electron chi connectivity index (χ0n) is 13.4. The standard InChI is InChI=1S/C15H25NO3SSi/c1-14(2,3)21(4,5)18-11-10-17-15(20)16-12-8-6-7-9-13(12)19-15/h6-9,16,20H,10-11H2,1-5H3. The Morgan fingerprint density at radius 3 is 2.52 bits per heavy atom. The maximum atomic E-state index is 6.07. The lowest BCUT2D eigenvalue weighted by molar-refractivity contribution is -0.0863. The molecule has 1 unspecified atom stereocenters. The van der Waals surface area contributed by atoms with Gasteiger partial charge in [0.15, 0.2) is 8.32 Å². The van der Waals surface area contributed by atoms with Gasteiger partial charge in [-0.3, -0.25) is 0 Å². The fourth-order valence-corrected chi connectivity index (χ4v) is 3.10. The zero-order valence-corrected chi connectivity index (χ0v) is 15.3. The maximum absolute atomic E-state index is 6.07. The smallest absolute Gasteiger partial charge is 0.343 e. The topological polar surface area (TPSA) is 39.7 Å². The number of hydrogen-bond acceptors (Lipinski definition) is 5. The molecule has 0 aromatic heterocycles. The van der Waals surface area contributed by atoms with E-state index in [9.17, 15) is 0 Å².